The summed E-state index contributed by atoms with van der Waals surface area (Å²) in [6.07, 6.45) is 5.34. The molecule has 2 bridgehead atoms. The van der Waals surface area contributed by atoms with E-state index in [0.29, 0.717) is 12.0 Å². The third-order valence-electron chi connectivity index (χ3n) is 5.07. The van der Waals surface area contributed by atoms with Crippen LogP contribution in [0.5, 0.6) is 0 Å². The van der Waals surface area contributed by atoms with Crippen LogP contribution in [-0.4, -0.2) is 21.9 Å². The zero-order valence-electron chi connectivity index (χ0n) is 11.4. The van der Waals surface area contributed by atoms with E-state index in [1.54, 1.807) is 11.8 Å². The second kappa shape index (κ2) is 4.26. The summed E-state index contributed by atoms with van der Waals surface area (Å²) < 4.78 is -0.337. The number of carbonyl (C=O) groups is 1. The molecule has 4 atom stereocenters. The molecule has 3 fully saturated rings. The monoisotopic (exact) mass is 272 g/mol. The fourth-order valence-electron chi connectivity index (χ4n) is 3.45. The van der Waals surface area contributed by atoms with Gasteiger partial charge in [0.05, 0.1) is 6.04 Å². The van der Waals surface area contributed by atoms with Crippen molar-refractivity contribution < 1.29 is 9.07 Å². The highest BCUT2D eigenvalue weighted by molar-refractivity contribution is 8.16. The van der Waals surface area contributed by atoms with Gasteiger partial charge in [-0.15, -0.1) is 0 Å². The van der Waals surface area contributed by atoms with E-state index in [0.717, 1.165) is 17.0 Å². The van der Waals surface area contributed by atoms with Crippen LogP contribution in [0.3, 0.4) is 0 Å². The average Bonchev–Trinajstić information content (AvgIpc) is 2.95. The Morgan fingerprint density at radius 1 is 1.44 bits per heavy atom. The van der Waals surface area contributed by atoms with Crippen LogP contribution < -0.4 is 5.32 Å². The Morgan fingerprint density at radius 2 is 2.22 bits per heavy atom. The van der Waals surface area contributed by atoms with Gasteiger partial charge in [-0.25, -0.2) is 0 Å². The van der Waals surface area contributed by atoms with E-state index in [1.165, 1.54) is 25.7 Å². The van der Waals surface area contributed by atoms with Crippen molar-refractivity contribution in [3.63, 3.8) is 0 Å². The van der Waals surface area contributed by atoms with Gasteiger partial charge in [-0.3, -0.25) is 9.79 Å². The maximum absolute atomic E-state index is 12.1. The van der Waals surface area contributed by atoms with Crippen LogP contribution in [0.2, 0.25) is 0 Å². The lowest BCUT2D eigenvalue weighted by atomic mass is 9.96. The minimum absolute atomic E-state index is 0. The van der Waals surface area contributed by atoms with E-state index in [4.69, 9.17) is 4.99 Å². The van der Waals surface area contributed by atoms with Crippen molar-refractivity contribution in [2.24, 2.45) is 22.7 Å². The maximum Gasteiger partial charge on any atom is 0.242 e. The zero-order chi connectivity index (χ0) is 12.9. The molecule has 2 saturated carbocycles. The van der Waals surface area contributed by atoms with Gasteiger partial charge >= 0.3 is 0 Å². The minimum Gasteiger partial charge on any atom is -0.304 e. The molecule has 2 unspecified atom stereocenters. The zero-order valence-corrected chi connectivity index (χ0v) is 12.2. The molecule has 106 valence electrons. The minimum atomic E-state index is -0.337. The van der Waals surface area contributed by atoms with Crippen LogP contribution in [0.25, 0.3) is 0 Å². The molecule has 1 heterocycles. The lowest BCUT2D eigenvalue weighted by Crippen LogP contribution is -2.38. The van der Waals surface area contributed by atoms with E-state index < -0.39 is 0 Å². The summed E-state index contributed by atoms with van der Waals surface area (Å²) in [6.45, 7) is 6.24. The van der Waals surface area contributed by atoms with Crippen molar-refractivity contribution in [3.8, 4) is 0 Å². The Bertz CT molecular complexity index is 419. The number of nitrogens with zero attached hydrogens (tertiary/aromatic N) is 1. The van der Waals surface area contributed by atoms with Gasteiger partial charge in [-0.2, -0.15) is 0 Å². The van der Waals surface area contributed by atoms with E-state index >= 15 is 0 Å². The van der Waals surface area contributed by atoms with E-state index in [-0.39, 0.29) is 14.9 Å². The number of thioether (sulfide) groups is 1. The molecule has 18 heavy (non-hydrogen) atoms. The average molecular weight is 272 g/mol. The van der Waals surface area contributed by atoms with Gasteiger partial charge in [0.25, 0.3) is 0 Å². The summed E-state index contributed by atoms with van der Waals surface area (Å²) in [5.41, 5.74) is 0. The summed E-state index contributed by atoms with van der Waals surface area (Å²) in [5.74, 6) is 2.15. The number of rotatable bonds is 2. The van der Waals surface area contributed by atoms with Crippen LogP contribution >= 0.6 is 11.8 Å². The third-order valence-corrected chi connectivity index (χ3v) is 6.55. The lowest BCUT2D eigenvalue weighted by Gasteiger charge is -2.23. The summed E-state index contributed by atoms with van der Waals surface area (Å²) in [7, 11) is 0. The largest absolute Gasteiger partial charge is 0.304 e. The Labute approximate surface area is 118 Å². The standard InChI is InChI=1S/C14H22N2OS.3H2/c1-8(2)14(3)12(17)16-13(18-14)15-11-7-9-4-5-10(11)6-9;;;/h8-11H,4-7H2,1-3H3,(H,15,16,17);3*1H/t9?,10?,11-,14-;;;/m0.../s1. The quantitative estimate of drug-likeness (QED) is 0.835. The number of amidine groups is 1. The first kappa shape index (κ1) is 12.5. The van der Waals surface area contributed by atoms with Crippen molar-refractivity contribution in [3.05, 3.63) is 0 Å². The number of nitrogens with one attached hydrogen (secondary N) is 1. The summed E-state index contributed by atoms with van der Waals surface area (Å²) in [5, 5.41) is 3.86. The highest BCUT2D eigenvalue weighted by Gasteiger charge is 2.46. The van der Waals surface area contributed by atoms with Crippen LogP contribution in [0, 0.1) is 17.8 Å². The number of carbonyl (C=O) groups excluding carboxylic acids is 1. The van der Waals surface area contributed by atoms with Crippen molar-refractivity contribution in [2.45, 2.75) is 57.2 Å². The van der Waals surface area contributed by atoms with Gasteiger partial charge in [0.1, 0.15) is 4.75 Å². The van der Waals surface area contributed by atoms with Gasteiger partial charge in [-0.05, 0) is 43.9 Å². The maximum atomic E-state index is 12.1. The number of fused-ring (bicyclic) bond motifs is 2. The first-order valence-corrected chi connectivity index (χ1v) is 7.89. The molecule has 0 spiro atoms. The second-order valence-corrected chi connectivity index (χ2v) is 7.93. The van der Waals surface area contributed by atoms with E-state index in [2.05, 4.69) is 19.2 Å². The normalized spacial score (nSPS) is 45.2. The van der Waals surface area contributed by atoms with Gasteiger partial charge in [-0.1, -0.05) is 32.0 Å². The van der Waals surface area contributed by atoms with Gasteiger partial charge in [0.2, 0.25) is 5.91 Å². The van der Waals surface area contributed by atoms with Gasteiger partial charge in [0.15, 0.2) is 5.17 Å². The molecule has 0 aromatic heterocycles. The highest BCUT2D eigenvalue weighted by atomic mass is 32.2. The molecule has 3 rings (SSSR count). The predicted octanol–water partition coefficient (Wildman–Crippen LogP) is 3.55. The summed E-state index contributed by atoms with van der Waals surface area (Å²) in [4.78, 5) is 16.9. The summed E-state index contributed by atoms with van der Waals surface area (Å²) in [6, 6.07) is 0.473. The molecular weight excluding hydrogens is 244 g/mol. The van der Waals surface area contributed by atoms with E-state index in [1.807, 2.05) is 6.92 Å². The molecule has 2 aliphatic carbocycles. The van der Waals surface area contributed by atoms with Crippen LogP contribution in [-0.2, 0) is 4.79 Å². The molecule has 3 nitrogen and oxygen atoms in total. The number of hydrogen-bond acceptors (Lipinski definition) is 3. The van der Waals surface area contributed by atoms with Crippen molar-refractivity contribution in [1.82, 2.24) is 5.32 Å². The van der Waals surface area contributed by atoms with Gasteiger partial charge < -0.3 is 5.32 Å². The van der Waals surface area contributed by atoms with Crippen molar-refractivity contribution >= 4 is 22.8 Å². The van der Waals surface area contributed by atoms with E-state index in [9.17, 15) is 4.79 Å². The van der Waals surface area contributed by atoms with Crippen LogP contribution in [0.1, 0.15) is 50.7 Å². The van der Waals surface area contributed by atoms with Gasteiger partial charge in [0, 0.05) is 4.28 Å². The lowest BCUT2D eigenvalue weighted by molar-refractivity contribution is -0.122. The highest BCUT2D eigenvalue weighted by Crippen LogP contribution is 2.47. The summed E-state index contributed by atoms with van der Waals surface area (Å²) >= 11 is 1.63. The van der Waals surface area contributed by atoms with Crippen LogP contribution in [0.4, 0.5) is 0 Å². The Hall–Kier alpha value is -0.510. The van der Waals surface area contributed by atoms with Crippen molar-refractivity contribution in [2.75, 3.05) is 0 Å². The molecular formula is C14H28N2OS. The smallest absolute Gasteiger partial charge is 0.242 e. The topological polar surface area (TPSA) is 41.5 Å². The molecule has 1 N–H and O–H groups in total. The fourth-order valence-corrected chi connectivity index (χ4v) is 4.57. The van der Waals surface area contributed by atoms with Crippen LogP contribution in [0.15, 0.2) is 4.99 Å². The molecule has 0 radical (unpaired) electrons. The Balaban J connectivity index is 0.00000133. The Kier molecular flexibility index (Phi) is 2.96. The molecule has 1 saturated heterocycles. The molecule has 0 aromatic rings. The number of hydrogen-bond donors (Lipinski definition) is 1. The fraction of sp³-hybridized carbons (Fsp3) is 0.857. The van der Waals surface area contributed by atoms with Crippen molar-refractivity contribution in [1.29, 1.82) is 0 Å². The molecule has 4 heteroatoms. The Morgan fingerprint density at radius 3 is 2.72 bits per heavy atom. The molecule has 0 aromatic carbocycles. The molecule has 1 amide bonds. The SMILES string of the molecule is CC(C)[C@]1(C)SC(=N[C@H]2CC3CCC2C3)NC1=O.[HH].[HH].[HH]. The first-order chi connectivity index (χ1) is 8.49. The molecule has 1 aliphatic heterocycles. The molecule has 3 aliphatic rings. The number of amides is 1. The second-order valence-electron chi connectivity index (χ2n) is 6.49. The first-order valence-electron chi connectivity index (χ1n) is 7.07. The third kappa shape index (κ3) is 1.89. The predicted molar refractivity (Wildman–Crippen MR) is 82.0 cm³/mol. The number of aliphatic imine (C=N–C) groups is 1.